The van der Waals surface area contributed by atoms with Crippen LogP contribution in [0.1, 0.15) is 142 Å². The fourth-order valence-electron chi connectivity index (χ4n) is 3.43. The summed E-state index contributed by atoms with van der Waals surface area (Å²) >= 11 is 0. The van der Waals surface area contributed by atoms with Gasteiger partial charge in [-0.3, -0.25) is 14.7 Å². The van der Waals surface area contributed by atoms with Gasteiger partial charge in [-0.15, -0.1) is 0 Å². The first-order valence-corrected chi connectivity index (χ1v) is 14.5. The molecular weight excluding hydrogens is 447 g/mol. The largest absolute Gasteiger partial charge is 0.544 e. The molecule has 0 saturated carbocycles. The predicted octanol–water partition coefficient (Wildman–Crippen LogP) is 7.88. The van der Waals surface area contributed by atoms with Crippen molar-refractivity contribution < 1.29 is 38.2 Å². The number of phosphoric acid groups is 1. The SMILES string of the molecule is CCCCCCCCCCCC(=O)OOP(=O)(O)OOC(=O)CCCCCCCCCCC. The molecule has 33 heavy (non-hydrogen) atoms. The molecule has 0 aliphatic rings. The van der Waals surface area contributed by atoms with Crippen molar-refractivity contribution >= 4 is 19.8 Å². The molecule has 0 fully saturated rings. The smallest absolute Gasteiger partial charge is 0.298 e. The van der Waals surface area contributed by atoms with Crippen LogP contribution in [0.25, 0.3) is 0 Å². The first kappa shape index (κ1) is 32.0. The second kappa shape index (κ2) is 22.8. The third kappa shape index (κ3) is 24.0. The highest BCUT2D eigenvalue weighted by atomic mass is 31.2. The Balaban J connectivity index is 3.63. The summed E-state index contributed by atoms with van der Waals surface area (Å²) in [7, 11) is -4.81. The monoisotopic (exact) mass is 494 g/mol. The molecule has 0 aromatic heterocycles. The number of rotatable bonds is 24. The van der Waals surface area contributed by atoms with Crippen LogP contribution in [-0.4, -0.2) is 16.8 Å². The third-order valence-corrected chi connectivity index (χ3v) is 5.94. The summed E-state index contributed by atoms with van der Waals surface area (Å²) in [4.78, 5) is 41.2. The first-order valence-electron chi connectivity index (χ1n) is 13.0. The summed E-state index contributed by atoms with van der Waals surface area (Å²) in [5.41, 5.74) is 0. The van der Waals surface area contributed by atoms with Gasteiger partial charge in [-0.2, -0.15) is 0 Å². The lowest BCUT2D eigenvalue weighted by atomic mass is 10.1. The summed E-state index contributed by atoms with van der Waals surface area (Å²) in [6.45, 7) is 4.38. The van der Waals surface area contributed by atoms with Crippen molar-refractivity contribution in [3.8, 4) is 0 Å². The lowest BCUT2D eigenvalue weighted by Crippen LogP contribution is -2.08. The molecule has 0 aromatic rings. The Bertz CT molecular complexity index is 485. The van der Waals surface area contributed by atoms with E-state index < -0.39 is 19.8 Å². The van der Waals surface area contributed by atoms with E-state index in [0.29, 0.717) is 12.8 Å². The van der Waals surface area contributed by atoms with Gasteiger partial charge in [0.15, 0.2) is 0 Å². The van der Waals surface area contributed by atoms with Crippen molar-refractivity contribution in [3.63, 3.8) is 0 Å². The maximum absolute atomic E-state index is 11.6. The zero-order valence-electron chi connectivity index (χ0n) is 20.9. The number of unbranched alkanes of at least 4 members (excludes halogenated alkanes) is 16. The van der Waals surface area contributed by atoms with E-state index in [2.05, 4.69) is 33.0 Å². The van der Waals surface area contributed by atoms with Gasteiger partial charge in [-0.25, -0.2) is 14.2 Å². The zero-order chi connectivity index (χ0) is 24.6. The van der Waals surface area contributed by atoms with Crippen molar-refractivity contribution in [3.05, 3.63) is 0 Å². The fourth-order valence-corrected chi connectivity index (χ4v) is 3.81. The van der Waals surface area contributed by atoms with Crippen LogP contribution in [0.3, 0.4) is 0 Å². The first-order chi connectivity index (χ1) is 15.9. The van der Waals surface area contributed by atoms with Crippen LogP contribution < -0.4 is 0 Å². The second-order valence-corrected chi connectivity index (χ2v) is 9.92. The van der Waals surface area contributed by atoms with E-state index in [1.165, 1.54) is 64.2 Å². The molecule has 0 aliphatic heterocycles. The number of hydrogen-bond donors (Lipinski definition) is 1. The van der Waals surface area contributed by atoms with Crippen LogP contribution in [0.4, 0.5) is 0 Å². The Hall–Kier alpha value is -0.950. The minimum Gasteiger partial charge on any atom is -0.298 e. The van der Waals surface area contributed by atoms with Crippen LogP contribution in [0.5, 0.6) is 0 Å². The Kier molecular flexibility index (Phi) is 22.2. The minimum atomic E-state index is -4.81. The molecule has 0 aliphatic carbocycles. The molecule has 0 unspecified atom stereocenters. The van der Waals surface area contributed by atoms with Crippen LogP contribution >= 0.6 is 7.82 Å². The Morgan fingerprint density at radius 2 is 0.818 bits per heavy atom. The summed E-state index contributed by atoms with van der Waals surface area (Å²) in [6.07, 6.45) is 20.0. The maximum Gasteiger partial charge on any atom is 0.544 e. The molecule has 0 atom stereocenters. The van der Waals surface area contributed by atoms with Crippen molar-refractivity contribution in [1.82, 2.24) is 0 Å². The highest BCUT2D eigenvalue weighted by molar-refractivity contribution is 7.47. The molecular formula is C24H47O8P. The third-order valence-electron chi connectivity index (χ3n) is 5.42. The molecule has 196 valence electrons. The summed E-state index contributed by atoms with van der Waals surface area (Å²) in [5, 5.41) is 0. The summed E-state index contributed by atoms with van der Waals surface area (Å²) in [5.74, 6) is -1.53. The molecule has 0 radical (unpaired) electrons. The molecule has 9 heteroatoms. The van der Waals surface area contributed by atoms with Gasteiger partial charge in [-0.1, -0.05) is 126 Å². The molecule has 0 spiro atoms. The van der Waals surface area contributed by atoms with Gasteiger partial charge in [0.2, 0.25) is 0 Å². The lowest BCUT2D eigenvalue weighted by Gasteiger charge is -2.09. The normalized spacial score (nSPS) is 11.5. The number of carbonyl (C=O) groups excluding carboxylic acids is 2. The highest BCUT2D eigenvalue weighted by Gasteiger charge is 2.28. The molecule has 0 heterocycles. The molecule has 0 bridgehead atoms. The highest BCUT2D eigenvalue weighted by Crippen LogP contribution is 2.43. The molecule has 1 N–H and O–H groups in total. The van der Waals surface area contributed by atoms with Gasteiger partial charge in [-0.05, 0) is 12.8 Å². The Morgan fingerprint density at radius 1 is 0.545 bits per heavy atom. The average Bonchev–Trinajstić information content (AvgIpc) is 2.79. The maximum atomic E-state index is 11.6. The van der Waals surface area contributed by atoms with Crippen molar-refractivity contribution in [2.75, 3.05) is 0 Å². The Labute approximate surface area is 200 Å². The molecule has 0 amide bonds. The zero-order valence-corrected chi connectivity index (χ0v) is 21.8. The molecule has 8 nitrogen and oxygen atoms in total. The number of carbonyl (C=O) groups is 2. The predicted molar refractivity (Wildman–Crippen MR) is 128 cm³/mol. The van der Waals surface area contributed by atoms with Gasteiger partial charge in [0.05, 0.1) is 0 Å². The van der Waals surface area contributed by atoms with E-state index in [4.69, 9.17) is 0 Å². The van der Waals surface area contributed by atoms with Gasteiger partial charge >= 0.3 is 19.8 Å². The summed E-state index contributed by atoms with van der Waals surface area (Å²) < 4.78 is 19.9. The van der Waals surface area contributed by atoms with Gasteiger partial charge < -0.3 is 0 Å². The van der Waals surface area contributed by atoms with Crippen molar-refractivity contribution in [2.45, 2.75) is 142 Å². The average molecular weight is 495 g/mol. The van der Waals surface area contributed by atoms with Crippen LogP contribution in [-0.2, 0) is 33.3 Å². The van der Waals surface area contributed by atoms with Crippen LogP contribution in [0, 0.1) is 0 Å². The van der Waals surface area contributed by atoms with E-state index in [-0.39, 0.29) is 12.8 Å². The quantitative estimate of drug-likeness (QED) is 0.0624. The van der Waals surface area contributed by atoms with Gasteiger partial charge in [0.1, 0.15) is 0 Å². The van der Waals surface area contributed by atoms with E-state index in [9.17, 15) is 19.0 Å². The number of hydrogen-bond acceptors (Lipinski definition) is 7. The molecule has 0 saturated heterocycles. The second-order valence-electron chi connectivity index (χ2n) is 8.69. The van der Waals surface area contributed by atoms with Gasteiger partial charge in [0, 0.05) is 12.8 Å². The van der Waals surface area contributed by atoms with Crippen molar-refractivity contribution in [2.24, 2.45) is 0 Å². The van der Waals surface area contributed by atoms with E-state index in [1.807, 2.05) is 0 Å². The van der Waals surface area contributed by atoms with Crippen LogP contribution in [0.2, 0.25) is 0 Å². The van der Waals surface area contributed by atoms with Crippen molar-refractivity contribution in [1.29, 1.82) is 0 Å². The topological polar surface area (TPSA) is 108 Å². The Morgan fingerprint density at radius 3 is 1.12 bits per heavy atom. The summed E-state index contributed by atoms with van der Waals surface area (Å²) in [6, 6.07) is 0. The fraction of sp³-hybridized carbons (Fsp3) is 0.917. The van der Waals surface area contributed by atoms with E-state index in [0.717, 1.165) is 38.5 Å². The van der Waals surface area contributed by atoms with Crippen LogP contribution in [0.15, 0.2) is 0 Å². The van der Waals surface area contributed by atoms with Gasteiger partial charge in [0.25, 0.3) is 0 Å². The molecule has 0 rings (SSSR count). The molecule has 0 aromatic carbocycles. The van der Waals surface area contributed by atoms with E-state index >= 15 is 0 Å². The van der Waals surface area contributed by atoms with E-state index in [1.54, 1.807) is 0 Å². The minimum absolute atomic E-state index is 0.0776. The lowest BCUT2D eigenvalue weighted by molar-refractivity contribution is -0.260. The standard InChI is InChI=1S/C24H47O8P/c1-3-5-7-9-11-13-15-17-19-21-23(25)29-31-33(27,28)32-30-24(26)22-20-18-16-14-12-10-8-6-4-2/h3-22H2,1-2H3,(H,27,28).